The van der Waals surface area contributed by atoms with E-state index in [-0.39, 0.29) is 12.6 Å². The van der Waals surface area contributed by atoms with Crippen LogP contribution in [-0.4, -0.2) is 54.5 Å². The zero-order valence-corrected chi connectivity index (χ0v) is 24.3. The quantitative estimate of drug-likeness (QED) is 0.324. The molecule has 0 aliphatic heterocycles. The molecule has 1 aliphatic carbocycles. The topological polar surface area (TPSA) is 85.3 Å². The number of aryl methyl sites for hydroxylation is 1. The van der Waals surface area contributed by atoms with Gasteiger partial charge >= 0.3 is 12.1 Å². The Morgan fingerprint density at radius 2 is 1.75 bits per heavy atom. The van der Waals surface area contributed by atoms with Crippen LogP contribution in [0.4, 0.5) is 4.79 Å². The SMILES string of the molecule is COC(=O)c1ccc(-c2ccc3c(c2)CC(N(CC(O)c2cccc(Cl)c2)C(=O)OC(C)(C)C)CC3)cc1OC. The van der Waals surface area contributed by atoms with E-state index in [2.05, 4.69) is 18.2 Å². The van der Waals surface area contributed by atoms with Crippen LogP contribution in [-0.2, 0) is 22.3 Å². The van der Waals surface area contributed by atoms with Crippen molar-refractivity contribution in [2.24, 2.45) is 0 Å². The van der Waals surface area contributed by atoms with Crippen molar-refractivity contribution < 1.29 is 28.9 Å². The summed E-state index contributed by atoms with van der Waals surface area (Å²) in [7, 11) is 2.86. The number of hydrogen-bond acceptors (Lipinski definition) is 6. The first-order valence-electron chi connectivity index (χ1n) is 13.3. The highest BCUT2D eigenvalue weighted by Crippen LogP contribution is 2.33. The standard InChI is InChI=1S/C32H36ClNO6/c1-32(2,3)40-31(37)34(19-28(35)23-7-6-8-25(33)16-23)26-13-11-20-9-10-21(15-24(20)17-26)22-12-14-27(30(36)39-5)29(18-22)38-4/h6-10,12,14-16,18,26,28,35H,11,13,17,19H2,1-5H3. The van der Waals surface area contributed by atoms with E-state index in [1.807, 2.05) is 32.9 Å². The molecule has 0 heterocycles. The average Bonchev–Trinajstić information content (AvgIpc) is 2.93. The lowest BCUT2D eigenvalue weighted by molar-refractivity contribution is 0.00195. The highest BCUT2D eigenvalue weighted by Gasteiger charge is 2.33. The minimum Gasteiger partial charge on any atom is -0.496 e. The molecule has 212 valence electrons. The Kier molecular flexibility index (Phi) is 9.06. The lowest BCUT2D eigenvalue weighted by atomic mass is 9.85. The predicted octanol–water partition coefficient (Wildman–Crippen LogP) is 6.63. The Morgan fingerprint density at radius 3 is 2.42 bits per heavy atom. The van der Waals surface area contributed by atoms with Gasteiger partial charge in [0.1, 0.15) is 16.9 Å². The number of rotatable bonds is 7. The maximum atomic E-state index is 13.4. The van der Waals surface area contributed by atoms with Crippen molar-refractivity contribution in [1.29, 1.82) is 0 Å². The molecule has 1 amide bonds. The Balaban J connectivity index is 1.62. The molecule has 0 aromatic heterocycles. The van der Waals surface area contributed by atoms with Crippen molar-refractivity contribution in [3.63, 3.8) is 0 Å². The molecule has 1 N–H and O–H groups in total. The molecular weight excluding hydrogens is 530 g/mol. The summed E-state index contributed by atoms with van der Waals surface area (Å²) < 4.78 is 16.1. The van der Waals surface area contributed by atoms with Crippen LogP contribution in [0.2, 0.25) is 5.02 Å². The van der Waals surface area contributed by atoms with Crippen molar-refractivity contribution in [2.45, 2.75) is 57.8 Å². The van der Waals surface area contributed by atoms with Crippen LogP contribution in [0.5, 0.6) is 5.75 Å². The van der Waals surface area contributed by atoms with E-state index in [0.717, 1.165) is 29.5 Å². The number of aliphatic hydroxyl groups is 1. The van der Waals surface area contributed by atoms with E-state index in [0.29, 0.717) is 28.3 Å². The second-order valence-electron chi connectivity index (χ2n) is 11.0. The number of aliphatic hydroxyl groups excluding tert-OH is 1. The highest BCUT2D eigenvalue weighted by molar-refractivity contribution is 6.30. The summed E-state index contributed by atoms with van der Waals surface area (Å²) in [6, 6.07) is 18.5. The van der Waals surface area contributed by atoms with Gasteiger partial charge in [-0.05, 0) is 92.1 Å². The average molecular weight is 566 g/mol. The molecule has 3 aromatic carbocycles. The fourth-order valence-electron chi connectivity index (χ4n) is 5.03. The summed E-state index contributed by atoms with van der Waals surface area (Å²) in [6.45, 7) is 5.58. The summed E-state index contributed by atoms with van der Waals surface area (Å²) in [6.07, 6.45) is 0.774. The Labute approximate surface area is 240 Å². The van der Waals surface area contributed by atoms with Gasteiger partial charge in [0.25, 0.3) is 0 Å². The van der Waals surface area contributed by atoms with Gasteiger partial charge in [0, 0.05) is 11.1 Å². The smallest absolute Gasteiger partial charge is 0.410 e. The minimum absolute atomic E-state index is 0.0845. The van der Waals surface area contributed by atoms with Gasteiger partial charge < -0.3 is 24.2 Å². The first kappa shape index (κ1) is 29.4. The third-order valence-electron chi connectivity index (χ3n) is 7.02. The van der Waals surface area contributed by atoms with Gasteiger partial charge in [-0.15, -0.1) is 0 Å². The van der Waals surface area contributed by atoms with E-state index >= 15 is 0 Å². The summed E-state index contributed by atoms with van der Waals surface area (Å²) in [5.74, 6) is -0.0232. The van der Waals surface area contributed by atoms with Crippen molar-refractivity contribution in [3.8, 4) is 16.9 Å². The molecule has 0 fully saturated rings. The van der Waals surface area contributed by atoms with Crippen molar-refractivity contribution in [1.82, 2.24) is 4.90 Å². The van der Waals surface area contributed by atoms with Crippen molar-refractivity contribution in [2.75, 3.05) is 20.8 Å². The van der Waals surface area contributed by atoms with Crippen molar-refractivity contribution >= 4 is 23.7 Å². The molecule has 0 radical (unpaired) electrons. The number of nitrogens with zero attached hydrogens (tertiary/aromatic N) is 1. The van der Waals surface area contributed by atoms with Crippen LogP contribution in [0.25, 0.3) is 11.1 Å². The molecule has 2 atom stereocenters. The van der Waals surface area contributed by atoms with Crippen LogP contribution in [0, 0.1) is 0 Å². The molecule has 0 spiro atoms. The lowest BCUT2D eigenvalue weighted by Gasteiger charge is -2.37. The van der Waals surface area contributed by atoms with Crippen LogP contribution in [0.15, 0.2) is 60.7 Å². The highest BCUT2D eigenvalue weighted by atomic mass is 35.5. The summed E-state index contributed by atoms with van der Waals surface area (Å²) in [4.78, 5) is 27.1. The number of hydrogen-bond donors (Lipinski definition) is 1. The number of fused-ring (bicyclic) bond motifs is 1. The van der Waals surface area contributed by atoms with Gasteiger partial charge in [-0.2, -0.15) is 0 Å². The zero-order valence-electron chi connectivity index (χ0n) is 23.6. The molecular formula is C32H36ClNO6. The molecule has 0 saturated heterocycles. The van der Waals surface area contributed by atoms with Gasteiger partial charge in [0.05, 0.1) is 26.9 Å². The maximum absolute atomic E-state index is 13.4. The molecule has 0 saturated carbocycles. The van der Waals surface area contributed by atoms with Gasteiger partial charge in [-0.3, -0.25) is 0 Å². The second-order valence-corrected chi connectivity index (χ2v) is 11.4. The Morgan fingerprint density at radius 1 is 1.02 bits per heavy atom. The molecule has 4 rings (SSSR count). The first-order valence-corrected chi connectivity index (χ1v) is 13.7. The van der Waals surface area contributed by atoms with E-state index in [1.54, 1.807) is 35.2 Å². The third-order valence-corrected chi connectivity index (χ3v) is 7.26. The summed E-state index contributed by atoms with van der Waals surface area (Å²) in [5, 5.41) is 11.6. The molecule has 2 unspecified atom stereocenters. The Hall–Kier alpha value is -3.55. The van der Waals surface area contributed by atoms with Crippen LogP contribution < -0.4 is 4.74 Å². The number of carbonyl (C=O) groups excluding carboxylic acids is 2. The summed E-state index contributed by atoms with van der Waals surface area (Å²) in [5.41, 5.74) is 4.53. The lowest BCUT2D eigenvalue weighted by Crippen LogP contribution is -2.47. The van der Waals surface area contributed by atoms with E-state index < -0.39 is 23.8 Å². The van der Waals surface area contributed by atoms with Gasteiger partial charge in [-0.25, -0.2) is 9.59 Å². The third kappa shape index (κ3) is 6.95. The van der Waals surface area contributed by atoms with Crippen LogP contribution in [0.3, 0.4) is 0 Å². The fraction of sp³-hybridized carbons (Fsp3) is 0.375. The van der Waals surface area contributed by atoms with Gasteiger partial charge in [0.2, 0.25) is 0 Å². The molecule has 8 heteroatoms. The number of ether oxygens (including phenoxy) is 3. The van der Waals surface area contributed by atoms with E-state index in [9.17, 15) is 14.7 Å². The number of esters is 1. The Bertz CT molecular complexity index is 1380. The monoisotopic (exact) mass is 565 g/mol. The summed E-state index contributed by atoms with van der Waals surface area (Å²) >= 11 is 6.15. The molecule has 1 aliphatic rings. The van der Waals surface area contributed by atoms with Gasteiger partial charge in [-0.1, -0.05) is 48.0 Å². The van der Waals surface area contributed by atoms with Crippen LogP contribution >= 0.6 is 11.6 Å². The largest absolute Gasteiger partial charge is 0.496 e. The van der Waals surface area contributed by atoms with E-state index in [4.69, 9.17) is 25.8 Å². The number of benzene rings is 3. The second kappa shape index (κ2) is 12.3. The van der Waals surface area contributed by atoms with E-state index in [1.165, 1.54) is 19.8 Å². The number of halogens is 1. The molecule has 7 nitrogen and oxygen atoms in total. The normalized spacial score (nSPS) is 15.5. The number of carbonyl (C=O) groups is 2. The molecule has 0 bridgehead atoms. The number of amides is 1. The zero-order chi connectivity index (χ0) is 29.0. The molecule has 3 aromatic rings. The fourth-order valence-corrected chi connectivity index (χ4v) is 5.23. The maximum Gasteiger partial charge on any atom is 0.410 e. The molecule has 40 heavy (non-hydrogen) atoms. The van der Waals surface area contributed by atoms with Gasteiger partial charge in [0.15, 0.2) is 0 Å². The first-order chi connectivity index (χ1) is 19.0. The minimum atomic E-state index is -0.917. The van der Waals surface area contributed by atoms with Crippen LogP contribution in [0.1, 0.15) is 60.3 Å². The van der Waals surface area contributed by atoms with Crippen molar-refractivity contribution in [3.05, 3.63) is 87.9 Å². The predicted molar refractivity (Wildman–Crippen MR) is 155 cm³/mol. The number of methoxy groups -OCH3 is 2.